The minimum atomic E-state index is -2.85. The van der Waals surface area contributed by atoms with Gasteiger partial charge in [0.15, 0.2) is 0 Å². The molecule has 2 unspecified atom stereocenters. The Morgan fingerprint density at radius 3 is 1.29 bits per heavy atom. The van der Waals surface area contributed by atoms with Gasteiger partial charge in [0.25, 0.3) is 0 Å². The maximum atomic E-state index is 5.32. The zero-order valence-electron chi connectivity index (χ0n) is 22.4. The van der Waals surface area contributed by atoms with Gasteiger partial charge < -0.3 is 0 Å². The van der Waals surface area contributed by atoms with Crippen molar-refractivity contribution in [3.05, 3.63) is 153 Å². The summed E-state index contributed by atoms with van der Waals surface area (Å²) in [5.41, 5.74) is 13.9. The average Bonchev–Trinajstić information content (AvgIpc) is 3.45. The fourth-order valence-corrected chi connectivity index (χ4v) is 15.6. The predicted molar refractivity (Wildman–Crippen MR) is 166 cm³/mol. The molecule has 4 aromatic rings. The molecular weight excluding hydrogens is 583 g/mol. The third kappa shape index (κ3) is 4.10. The molecule has 2 aliphatic carbocycles. The molecular formula is C35H34Cl2Zr. The second-order valence-electron chi connectivity index (χ2n) is 10.6. The molecule has 4 aromatic carbocycles. The molecule has 0 amide bonds. The van der Waals surface area contributed by atoms with Gasteiger partial charge in [0.1, 0.15) is 0 Å². The predicted octanol–water partition coefficient (Wildman–Crippen LogP) is 9.06. The van der Waals surface area contributed by atoms with Crippen molar-refractivity contribution in [1.29, 1.82) is 0 Å². The first-order valence-electron chi connectivity index (χ1n) is 12.8. The number of fused-ring (bicyclic) bond motifs is 2. The summed E-state index contributed by atoms with van der Waals surface area (Å²) in [6, 6.07) is 31.9. The molecule has 0 N–H and O–H groups in total. The Hall–Kier alpha value is -2.31. The van der Waals surface area contributed by atoms with Crippen LogP contribution < -0.4 is 0 Å². The first-order valence-corrected chi connectivity index (χ1v) is 17.0. The average molecular weight is 617 g/mol. The summed E-state index contributed by atoms with van der Waals surface area (Å²) in [4.78, 5) is 0. The molecule has 2 atom stereocenters. The van der Waals surface area contributed by atoms with Gasteiger partial charge in [-0.3, -0.25) is 0 Å². The minimum absolute atomic E-state index is 0. The summed E-state index contributed by atoms with van der Waals surface area (Å²) in [5, 5.41) is 0. The van der Waals surface area contributed by atoms with E-state index in [1.165, 1.54) is 55.6 Å². The molecule has 0 saturated carbocycles. The van der Waals surface area contributed by atoms with Crippen LogP contribution in [0.4, 0.5) is 0 Å². The van der Waals surface area contributed by atoms with E-state index in [1.807, 2.05) is 0 Å². The van der Waals surface area contributed by atoms with Crippen molar-refractivity contribution in [3.63, 3.8) is 0 Å². The molecule has 0 fully saturated rings. The molecule has 0 nitrogen and oxygen atoms in total. The molecule has 3 heteroatoms. The van der Waals surface area contributed by atoms with Gasteiger partial charge in [-0.05, 0) is 0 Å². The van der Waals surface area contributed by atoms with Crippen molar-refractivity contribution in [3.8, 4) is 0 Å². The van der Waals surface area contributed by atoms with E-state index in [-0.39, 0.29) is 31.1 Å². The van der Waals surface area contributed by atoms with Crippen molar-refractivity contribution >= 4 is 41.2 Å². The third-order valence-electron chi connectivity index (χ3n) is 8.25. The van der Waals surface area contributed by atoms with Gasteiger partial charge in [0.2, 0.25) is 0 Å². The Morgan fingerprint density at radius 1 is 0.553 bits per heavy atom. The van der Waals surface area contributed by atoms with E-state index in [0.717, 1.165) is 0 Å². The van der Waals surface area contributed by atoms with Gasteiger partial charge in [-0.15, -0.1) is 24.8 Å². The standard InChI is InChI=1S/2C17H15.CH2.2ClH.Zr/c2*1-12-10-13(2)17-15(11-12)8-9-16(17)14-6-4-3-5-7-14;;;;/h2*3-11H,1-2H3;1H2;2*1H;. The number of benzene rings is 4. The van der Waals surface area contributed by atoms with Gasteiger partial charge in [-0.25, -0.2) is 0 Å². The number of hydrogen-bond donors (Lipinski definition) is 0. The normalized spacial score (nSPS) is 20.3. The molecule has 38 heavy (non-hydrogen) atoms. The van der Waals surface area contributed by atoms with E-state index in [9.17, 15) is 0 Å². The quantitative estimate of drug-likeness (QED) is 0.215. The number of halogens is 2. The Morgan fingerprint density at radius 2 is 0.921 bits per heavy atom. The van der Waals surface area contributed by atoms with Crippen molar-refractivity contribution in [2.45, 2.75) is 33.9 Å². The summed E-state index contributed by atoms with van der Waals surface area (Å²) in [6.45, 7) is 9.02. The Bertz CT molecular complexity index is 1460. The van der Waals surface area contributed by atoms with Crippen LogP contribution in [0.25, 0.3) is 12.2 Å². The first-order chi connectivity index (χ1) is 17.4. The number of hydrogen-bond acceptors (Lipinski definition) is 0. The van der Waals surface area contributed by atoms with Gasteiger partial charge in [0, 0.05) is 0 Å². The van der Waals surface area contributed by atoms with Gasteiger partial charge in [-0.1, -0.05) is 0 Å². The Kier molecular flexibility index (Phi) is 8.07. The monoisotopic (exact) mass is 614 g/mol. The van der Waals surface area contributed by atoms with Crippen LogP contribution in [-0.4, -0.2) is 4.21 Å². The number of rotatable bonds is 4. The van der Waals surface area contributed by atoms with Crippen molar-refractivity contribution < 1.29 is 21.3 Å². The van der Waals surface area contributed by atoms with Crippen LogP contribution in [0.15, 0.2) is 97.1 Å². The Balaban J connectivity index is 0.00000168. The van der Waals surface area contributed by atoms with E-state index in [2.05, 4.69) is 137 Å². The van der Waals surface area contributed by atoms with Crippen molar-refractivity contribution in [2.75, 3.05) is 0 Å². The fourth-order valence-electron chi connectivity index (χ4n) is 6.98. The zero-order chi connectivity index (χ0) is 25.1. The van der Waals surface area contributed by atoms with E-state index in [4.69, 9.17) is 4.21 Å². The SMILES string of the molecule is Cl.Cl.[CH2]=[Zr]([C]1(c2ccccc2)C=Cc2cc(C)cc(C)c21)[C]1(c2ccccc2)C=Cc2cc(C)cc(C)c21. The summed E-state index contributed by atoms with van der Waals surface area (Å²) in [7, 11) is 0. The second kappa shape index (κ2) is 10.7. The molecule has 192 valence electrons. The van der Waals surface area contributed by atoms with Crippen LogP contribution >= 0.6 is 24.8 Å². The zero-order valence-corrected chi connectivity index (χ0v) is 26.5. The van der Waals surface area contributed by atoms with E-state index in [1.54, 1.807) is 0 Å². The number of aryl methyl sites for hydroxylation is 4. The molecule has 0 aromatic heterocycles. The van der Waals surface area contributed by atoms with Crippen LogP contribution in [-0.2, 0) is 27.5 Å². The molecule has 0 aliphatic heterocycles. The molecule has 0 heterocycles. The van der Waals surface area contributed by atoms with Gasteiger partial charge >= 0.3 is 224 Å². The fraction of sp³-hybridized carbons (Fsp3) is 0.171. The van der Waals surface area contributed by atoms with Crippen molar-refractivity contribution in [1.82, 2.24) is 0 Å². The van der Waals surface area contributed by atoms with Crippen LogP contribution in [0.5, 0.6) is 0 Å². The molecule has 0 radical (unpaired) electrons. The molecule has 0 bridgehead atoms. The maximum absolute atomic E-state index is 5.32. The van der Waals surface area contributed by atoms with Crippen LogP contribution in [0, 0.1) is 27.7 Å². The van der Waals surface area contributed by atoms with E-state index in [0.29, 0.717) is 0 Å². The summed E-state index contributed by atoms with van der Waals surface area (Å²) < 4.78 is 4.98. The van der Waals surface area contributed by atoms with Crippen LogP contribution in [0.1, 0.15) is 55.6 Å². The van der Waals surface area contributed by atoms with E-state index >= 15 is 0 Å². The molecule has 6 rings (SSSR count). The van der Waals surface area contributed by atoms with Crippen LogP contribution in [0.3, 0.4) is 0 Å². The Labute approximate surface area is 247 Å². The van der Waals surface area contributed by atoms with Crippen LogP contribution in [0.2, 0.25) is 0 Å². The number of allylic oxidation sites excluding steroid dienone is 2. The van der Waals surface area contributed by atoms with Gasteiger partial charge in [0.05, 0.1) is 0 Å². The molecule has 2 aliphatic rings. The second-order valence-corrected chi connectivity index (χ2v) is 16.8. The summed E-state index contributed by atoms with van der Waals surface area (Å²) in [6.07, 6.45) is 9.82. The summed E-state index contributed by atoms with van der Waals surface area (Å²) >= 11 is -2.85. The first kappa shape index (κ1) is 28.7. The third-order valence-corrected chi connectivity index (χ3v) is 16.4. The molecule has 0 spiro atoms. The van der Waals surface area contributed by atoms with Crippen molar-refractivity contribution in [2.24, 2.45) is 0 Å². The topological polar surface area (TPSA) is 0 Å². The summed E-state index contributed by atoms with van der Waals surface area (Å²) in [5.74, 6) is 0. The van der Waals surface area contributed by atoms with Gasteiger partial charge in [-0.2, -0.15) is 0 Å². The van der Waals surface area contributed by atoms with E-state index < -0.39 is 21.3 Å². The molecule has 0 saturated heterocycles.